The second-order valence-electron chi connectivity index (χ2n) is 6.13. The first-order valence-electron chi connectivity index (χ1n) is 8.14. The number of aliphatic hydroxyl groups is 6. The van der Waals surface area contributed by atoms with Gasteiger partial charge in [-0.15, -0.1) is 0 Å². The fourth-order valence-electron chi connectivity index (χ4n) is 1.63. The third kappa shape index (κ3) is 42.6. The zero-order chi connectivity index (χ0) is 32.6. The first-order chi connectivity index (χ1) is 16.6. The van der Waals surface area contributed by atoms with Crippen molar-refractivity contribution in [2.75, 3.05) is 0 Å². The van der Waals surface area contributed by atoms with E-state index in [1.165, 1.54) is 0 Å². The molecule has 1 fully saturated rings. The van der Waals surface area contributed by atoms with Gasteiger partial charge in [0.25, 0.3) is 0 Å². The van der Waals surface area contributed by atoms with Crippen molar-refractivity contribution < 1.29 is 130 Å². The quantitative estimate of drug-likeness (QED) is 0.0875. The summed E-state index contributed by atoms with van der Waals surface area (Å²) in [5.74, 6) is 0. The fraction of sp³-hybridized carbons (Fsp3) is 1.00. The Labute approximate surface area is 327 Å². The Morgan fingerprint density at radius 1 is 0.279 bits per heavy atom. The molecular formula is C6H24Na4O27P6. The molecule has 43 heavy (non-hydrogen) atoms. The summed E-state index contributed by atoms with van der Waals surface area (Å²) < 4.78 is 66.6. The Bertz CT molecular complexity index is 803. The zero-order valence-electron chi connectivity index (χ0n) is 21.9. The van der Waals surface area contributed by atoms with E-state index in [9.17, 15) is 27.4 Å². The molecule has 0 amide bonds. The van der Waals surface area contributed by atoms with Gasteiger partial charge >= 0.3 is 46.9 Å². The van der Waals surface area contributed by atoms with Gasteiger partial charge in [0.2, 0.25) is 0 Å². The topological polar surface area (TPSA) is 494 Å². The van der Waals surface area contributed by atoms with Crippen LogP contribution in [-0.2, 0) is 40.3 Å². The molecule has 0 aromatic carbocycles. The Morgan fingerprint density at radius 3 is 0.372 bits per heavy atom. The Hall–Kier alpha value is 4.54. The van der Waals surface area contributed by atoms with Crippen molar-refractivity contribution in [3.05, 3.63) is 0 Å². The molecule has 0 aromatic rings. The van der Waals surface area contributed by atoms with Crippen LogP contribution in [0.5, 0.6) is 0 Å². The maximum absolute atomic E-state index is 9.63. The predicted molar refractivity (Wildman–Crippen MR) is 135 cm³/mol. The maximum atomic E-state index is 9.63. The average Bonchev–Trinajstić information content (AvgIpc) is 2.55. The van der Waals surface area contributed by atoms with Crippen molar-refractivity contribution >= 4 is 165 Å². The third-order valence-electron chi connectivity index (χ3n) is 2.74. The molecule has 18 N–H and O–H groups in total. The van der Waals surface area contributed by atoms with Crippen LogP contribution in [0.4, 0.5) is 0 Å². The average molecular weight is 806 g/mol. The standard InChI is InChI=1S/C6H12O6.4Na.3H4O7P2/c7-1-2(8)4(10)6(12)5(11)3(1)9;;;;;3*1-8(2,3)7-9(4,5)6/h1-12H;;;;;3*(H2,1,2,3)(H2,4,5,6)/t1-,2-,3-,4+,5-,6-;;;;;;;. The molecule has 1 aliphatic rings. The molecule has 1 rings (SSSR count). The van der Waals surface area contributed by atoms with Crippen molar-refractivity contribution in [1.82, 2.24) is 0 Å². The van der Waals surface area contributed by atoms with Crippen LogP contribution >= 0.6 is 46.9 Å². The van der Waals surface area contributed by atoms with Crippen LogP contribution in [0.25, 0.3) is 0 Å². The van der Waals surface area contributed by atoms with E-state index in [-0.39, 0.29) is 118 Å². The van der Waals surface area contributed by atoms with Crippen LogP contribution in [0.15, 0.2) is 0 Å². The summed E-state index contributed by atoms with van der Waals surface area (Å²) in [6, 6.07) is 0. The van der Waals surface area contributed by atoms with Gasteiger partial charge in [0.05, 0.1) is 0 Å². The third-order valence-corrected chi connectivity index (χ3v) is 7.84. The van der Waals surface area contributed by atoms with Crippen LogP contribution in [0.1, 0.15) is 0 Å². The van der Waals surface area contributed by atoms with Gasteiger partial charge in [-0.3, -0.25) is 0 Å². The van der Waals surface area contributed by atoms with Gasteiger partial charge in [-0.05, 0) is 0 Å². The molecule has 4 radical (unpaired) electrons. The van der Waals surface area contributed by atoms with Gasteiger partial charge in [-0.25, -0.2) is 27.4 Å². The van der Waals surface area contributed by atoms with Gasteiger partial charge in [-0.2, -0.15) is 12.9 Å². The largest absolute Gasteiger partial charge is 0.478 e. The van der Waals surface area contributed by atoms with Crippen molar-refractivity contribution in [2.45, 2.75) is 36.6 Å². The molecular weight excluding hydrogens is 782 g/mol. The summed E-state index contributed by atoms with van der Waals surface area (Å²) in [5, 5.41) is 53.8. The summed E-state index contributed by atoms with van der Waals surface area (Å²) in [5.41, 5.74) is 0. The summed E-state index contributed by atoms with van der Waals surface area (Å²) in [4.78, 5) is 93.0. The summed E-state index contributed by atoms with van der Waals surface area (Å²) in [6.45, 7) is 0. The Balaban J connectivity index is -0.0000000787. The van der Waals surface area contributed by atoms with Gasteiger partial charge in [-0.1, -0.05) is 0 Å². The SMILES string of the molecule is O=P(O)(O)OP(=O)(O)O.O=P(O)(O)OP(=O)(O)O.O=P(O)(O)OP(=O)(O)O.O[C@H]1[C@H](O)[C@@H](O)[C@H](O)[C@@H](O)[C@H]1O.[Na].[Na].[Na].[Na]. The summed E-state index contributed by atoms with van der Waals surface area (Å²) in [6.07, 6.45) is -9.84. The van der Waals surface area contributed by atoms with Crippen LogP contribution in [0.2, 0.25) is 0 Å². The van der Waals surface area contributed by atoms with Crippen LogP contribution in [0.3, 0.4) is 0 Å². The monoisotopic (exact) mass is 806 g/mol. The predicted octanol–water partition coefficient (Wildman–Crippen LogP) is -7.79. The molecule has 37 heteroatoms. The Morgan fingerprint density at radius 2 is 0.349 bits per heavy atom. The van der Waals surface area contributed by atoms with E-state index in [1.54, 1.807) is 0 Å². The molecule has 0 unspecified atom stereocenters. The zero-order valence-corrected chi connectivity index (χ0v) is 35.2. The fourth-order valence-corrected chi connectivity index (χ4v) is 4.95. The van der Waals surface area contributed by atoms with E-state index >= 15 is 0 Å². The van der Waals surface area contributed by atoms with Gasteiger partial charge in [0.1, 0.15) is 36.6 Å². The minimum absolute atomic E-state index is 0. The molecule has 0 bridgehead atoms. The molecule has 0 heterocycles. The van der Waals surface area contributed by atoms with Crippen molar-refractivity contribution in [3.63, 3.8) is 0 Å². The van der Waals surface area contributed by atoms with Crippen molar-refractivity contribution in [3.8, 4) is 0 Å². The van der Waals surface area contributed by atoms with Gasteiger partial charge in [0, 0.05) is 118 Å². The second-order valence-corrected chi connectivity index (χ2v) is 14.0. The van der Waals surface area contributed by atoms with E-state index < -0.39 is 83.6 Å². The number of aliphatic hydroxyl groups excluding tert-OH is 6. The summed E-state index contributed by atoms with van der Waals surface area (Å²) in [7, 11) is -30.3. The number of hydrogen-bond acceptors (Lipinski definition) is 15. The van der Waals surface area contributed by atoms with E-state index in [2.05, 4.69) is 12.9 Å². The molecule has 0 atom stereocenters. The maximum Gasteiger partial charge on any atom is 0.478 e. The molecule has 244 valence electrons. The van der Waals surface area contributed by atoms with E-state index in [4.69, 9.17) is 89.4 Å². The molecule has 0 aromatic heterocycles. The number of phosphoric acid groups is 6. The van der Waals surface area contributed by atoms with Crippen LogP contribution < -0.4 is 0 Å². The second kappa shape index (κ2) is 25.5. The van der Waals surface area contributed by atoms with Crippen molar-refractivity contribution in [2.24, 2.45) is 0 Å². The Kier molecular flexibility index (Phi) is 37.1. The first kappa shape index (κ1) is 62.7. The number of rotatable bonds is 6. The van der Waals surface area contributed by atoms with E-state index in [0.717, 1.165) is 0 Å². The minimum Gasteiger partial charge on any atom is -0.387 e. The van der Waals surface area contributed by atoms with E-state index in [0.29, 0.717) is 0 Å². The molecule has 1 aliphatic carbocycles. The van der Waals surface area contributed by atoms with Gasteiger partial charge in [0.15, 0.2) is 0 Å². The van der Waals surface area contributed by atoms with Crippen LogP contribution in [0, 0.1) is 0 Å². The molecule has 0 aliphatic heterocycles. The normalized spacial score (nSPS) is 24.1. The molecule has 1 saturated carbocycles. The molecule has 27 nitrogen and oxygen atoms in total. The minimum atomic E-state index is -5.05. The smallest absolute Gasteiger partial charge is 0.387 e. The van der Waals surface area contributed by atoms with E-state index in [1.807, 2.05) is 0 Å². The summed E-state index contributed by atoms with van der Waals surface area (Å²) >= 11 is 0. The van der Waals surface area contributed by atoms with Gasteiger partial charge < -0.3 is 89.4 Å². The van der Waals surface area contributed by atoms with Crippen molar-refractivity contribution in [1.29, 1.82) is 0 Å². The molecule has 0 saturated heterocycles. The molecule has 0 spiro atoms. The first-order valence-corrected chi connectivity index (χ1v) is 17.3. The van der Waals surface area contributed by atoms with Crippen LogP contribution in [-0.4, -0.2) is 244 Å². The number of hydrogen-bond donors (Lipinski definition) is 18.